The topological polar surface area (TPSA) is 88.3 Å². The molecular formula is C19H21ClN4O2. The van der Waals surface area contributed by atoms with Crippen LogP contribution in [0.3, 0.4) is 0 Å². The first-order valence-electron chi connectivity index (χ1n) is 8.57. The average molecular weight is 373 g/mol. The van der Waals surface area contributed by atoms with Gasteiger partial charge in [-0.2, -0.15) is 0 Å². The van der Waals surface area contributed by atoms with Gasteiger partial charge in [0.1, 0.15) is 5.82 Å². The van der Waals surface area contributed by atoms with E-state index in [0.717, 1.165) is 5.56 Å². The van der Waals surface area contributed by atoms with Gasteiger partial charge in [0.2, 0.25) is 5.91 Å². The Morgan fingerprint density at radius 2 is 1.85 bits per heavy atom. The van der Waals surface area contributed by atoms with Crippen LogP contribution < -0.4 is 11.1 Å². The molecule has 136 valence electrons. The molecule has 6 nitrogen and oxygen atoms in total. The van der Waals surface area contributed by atoms with Gasteiger partial charge in [-0.3, -0.25) is 9.59 Å². The van der Waals surface area contributed by atoms with Crippen molar-refractivity contribution < 1.29 is 9.59 Å². The molecule has 1 saturated heterocycles. The molecule has 2 amide bonds. The van der Waals surface area contributed by atoms with E-state index in [1.54, 1.807) is 29.2 Å². The fraction of sp³-hybridized carbons (Fsp3) is 0.316. The van der Waals surface area contributed by atoms with Gasteiger partial charge in [-0.15, -0.1) is 0 Å². The Bertz CT molecular complexity index is 769. The van der Waals surface area contributed by atoms with Crippen molar-refractivity contribution in [2.45, 2.75) is 19.4 Å². The van der Waals surface area contributed by atoms with Crippen molar-refractivity contribution in [1.29, 1.82) is 0 Å². The Morgan fingerprint density at radius 1 is 1.15 bits per heavy atom. The Labute approximate surface area is 157 Å². The van der Waals surface area contributed by atoms with Crippen LogP contribution in [0.1, 0.15) is 28.8 Å². The van der Waals surface area contributed by atoms with Crippen LogP contribution in [0.5, 0.6) is 0 Å². The summed E-state index contributed by atoms with van der Waals surface area (Å²) in [4.78, 5) is 30.8. The van der Waals surface area contributed by atoms with Gasteiger partial charge < -0.3 is 16.0 Å². The van der Waals surface area contributed by atoms with E-state index in [1.807, 2.05) is 12.1 Å². The predicted molar refractivity (Wildman–Crippen MR) is 101 cm³/mol. The molecule has 0 spiro atoms. The highest BCUT2D eigenvalue weighted by molar-refractivity contribution is 6.30. The van der Waals surface area contributed by atoms with Crippen LogP contribution in [-0.4, -0.2) is 34.8 Å². The number of carbonyl (C=O) groups excluding carboxylic acids is 2. The standard InChI is InChI=1S/C19H21ClN4O2/c20-16-5-6-17(22-12-16)23-18(25)14-7-9-24(10-8-14)19(26)15-3-1-13(11-21)2-4-15/h1-6,12,14H,7-11,21H2,(H,22,23,25). The lowest BCUT2D eigenvalue weighted by Gasteiger charge is -2.31. The third-order valence-corrected chi connectivity index (χ3v) is 4.79. The molecule has 0 atom stereocenters. The molecule has 7 heteroatoms. The van der Waals surface area contributed by atoms with Gasteiger partial charge in [0.05, 0.1) is 5.02 Å². The summed E-state index contributed by atoms with van der Waals surface area (Å²) in [6.45, 7) is 1.57. The molecule has 1 aliphatic heterocycles. The number of piperidine rings is 1. The number of hydrogen-bond acceptors (Lipinski definition) is 4. The molecule has 0 bridgehead atoms. The summed E-state index contributed by atoms with van der Waals surface area (Å²) in [5.41, 5.74) is 7.22. The molecule has 26 heavy (non-hydrogen) atoms. The lowest BCUT2D eigenvalue weighted by atomic mass is 9.95. The normalized spacial score (nSPS) is 14.9. The van der Waals surface area contributed by atoms with E-state index in [4.69, 9.17) is 17.3 Å². The molecule has 1 fully saturated rings. The number of nitrogens with zero attached hydrogens (tertiary/aromatic N) is 2. The van der Waals surface area contributed by atoms with Crippen LogP contribution in [0.4, 0.5) is 5.82 Å². The van der Waals surface area contributed by atoms with Crippen LogP contribution in [0, 0.1) is 5.92 Å². The first kappa shape index (κ1) is 18.4. The molecule has 1 aliphatic rings. The summed E-state index contributed by atoms with van der Waals surface area (Å²) in [6.07, 6.45) is 2.76. The van der Waals surface area contributed by atoms with Gasteiger partial charge in [-0.05, 0) is 42.7 Å². The monoisotopic (exact) mass is 372 g/mol. The highest BCUT2D eigenvalue weighted by Crippen LogP contribution is 2.21. The second-order valence-electron chi connectivity index (χ2n) is 6.32. The molecule has 3 rings (SSSR count). The first-order chi connectivity index (χ1) is 12.6. The van der Waals surface area contributed by atoms with E-state index in [-0.39, 0.29) is 17.7 Å². The van der Waals surface area contributed by atoms with E-state index in [1.165, 1.54) is 6.20 Å². The van der Waals surface area contributed by atoms with E-state index in [0.29, 0.717) is 48.9 Å². The fourth-order valence-corrected chi connectivity index (χ4v) is 3.10. The molecule has 2 aromatic rings. The molecule has 2 heterocycles. The smallest absolute Gasteiger partial charge is 0.253 e. The number of nitrogens with two attached hydrogens (primary N) is 1. The number of carbonyl (C=O) groups is 2. The highest BCUT2D eigenvalue weighted by atomic mass is 35.5. The number of aromatic nitrogens is 1. The number of hydrogen-bond donors (Lipinski definition) is 2. The second kappa shape index (κ2) is 8.29. The minimum absolute atomic E-state index is 0.00759. The van der Waals surface area contributed by atoms with E-state index in [2.05, 4.69) is 10.3 Å². The van der Waals surface area contributed by atoms with Crippen molar-refractivity contribution in [3.8, 4) is 0 Å². The molecule has 0 aliphatic carbocycles. The van der Waals surface area contributed by atoms with Crippen LogP contribution in [-0.2, 0) is 11.3 Å². The summed E-state index contributed by atoms with van der Waals surface area (Å²) < 4.78 is 0. The van der Waals surface area contributed by atoms with Gasteiger partial charge >= 0.3 is 0 Å². The molecule has 3 N–H and O–H groups in total. The maximum absolute atomic E-state index is 12.6. The molecule has 0 unspecified atom stereocenters. The third-order valence-electron chi connectivity index (χ3n) is 4.57. The number of rotatable bonds is 4. The van der Waals surface area contributed by atoms with Crippen molar-refractivity contribution >= 4 is 29.2 Å². The molecule has 1 aromatic carbocycles. The summed E-state index contributed by atoms with van der Waals surface area (Å²) in [6, 6.07) is 10.7. The lowest BCUT2D eigenvalue weighted by Crippen LogP contribution is -2.41. The molecular weight excluding hydrogens is 352 g/mol. The molecule has 1 aromatic heterocycles. The molecule has 0 radical (unpaired) electrons. The Morgan fingerprint density at radius 3 is 2.42 bits per heavy atom. The number of pyridine rings is 1. The summed E-state index contributed by atoms with van der Waals surface area (Å²) in [5, 5.41) is 3.33. The quantitative estimate of drug-likeness (QED) is 0.863. The maximum Gasteiger partial charge on any atom is 0.253 e. The second-order valence-corrected chi connectivity index (χ2v) is 6.75. The SMILES string of the molecule is NCc1ccc(C(=O)N2CCC(C(=O)Nc3ccc(Cl)cn3)CC2)cc1. The van der Waals surface area contributed by atoms with Crippen LogP contribution in [0.15, 0.2) is 42.6 Å². The number of anilines is 1. The van der Waals surface area contributed by atoms with Crippen molar-refractivity contribution in [2.75, 3.05) is 18.4 Å². The van der Waals surface area contributed by atoms with Gasteiger partial charge in [0.25, 0.3) is 5.91 Å². The Balaban J connectivity index is 1.53. The lowest BCUT2D eigenvalue weighted by molar-refractivity contribution is -0.121. The number of halogens is 1. The number of likely N-dealkylation sites (tertiary alicyclic amines) is 1. The first-order valence-corrected chi connectivity index (χ1v) is 8.95. The van der Waals surface area contributed by atoms with E-state index >= 15 is 0 Å². The van der Waals surface area contributed by atoms with Crippen molar-refractivity contribution in [3.05, 3.63) is 58.7 Å². The largest absolute Gasteiger partial charge is 0.339 e. The zero-order valence-electron chi connectivity index (χ0n) is 14.3. The minimum atomic E-state index is -0.129. The Kier molecular flexibility index (Phi) is 5.85. The zero-order chi connectivity index (χ0) is 18.5. The number of nitrogens with one attached hydrogen (secondary N) is 1. The van der Waals surface area contributed by atoms with Crippen molar-refractivity contribution in [3.63, 3.8) is 0 Å². The Hall–Kier alpha value is -2.44. The molecule has 0 saturated carbocycles. The fourth-order valence-electron chi connectivity index (χ4n) is 2.99. The van der Waals surface area contributed by atoms with E-state index < -0.39 is 0 Å². The van der Waals surface area contributed by atoms with Gasteiger partial charge in [0.15, 0.2) is 0 Å². The minimum Gasteiger partial charge on any atom is -0.339 e. The predicted octanol–water partition coefficient (Wildman–Crippen LogP) is 2.68. The summed E-state index contributed by atoms with van der Waals surface area (Å²) in [7, 11) is 0. The average Bonchev–Trinajstić information content (AvgIpc) is 2.69. The number of benzene rings is 1. The zero-order valence-corrected chi connectivity index (χ0v) is 15.1. The summed E-state index contributed by atoms with van der Waals surface area (Å²) >= 11 is 5.79. The van der Waals surface area contributed by atoms with E-state index in [9.17, 15) is 9.59 Å². The van der Waals surface area contributed by atoms with Gasteiger partial charge in [-0.25, -0.2) is 4.98 Å². The van der Waals surface area contributed by atoms with Crippen molar-refractivity contribution in [1.82, 2.24) is 9.88 Å². The third kappa shape index (κ3) is 4.39. The summed E-state index contributed by atoms with van der Waals surface area (Å²) in [5.74, 6) is 0.278. The van der Waals surface area contributed by atoms with Crippen LogP contribution in [0.2, 0.25) is 5.02 Å². The van der Waals surface area contributed by atoms with Crippen LogP contribution >= 0.6 is 11.6 Å². The van der Waals surface area contributed by atoms with Gasteiger partial charge in [0, 0.05) is 37.3 Å². The van der Waals surface area contributed by atoms with Crippen molar-refractivity contribution in [2.24, 2.45) is 11.7 Å². The maximum atomic E-state index is 12.6. The van der Waals surface area contributed by atoms with Crippen LogP contribution in [0.25, 0.3) is 0 Å². The van der Waals surface area contributed by atoms with Gasteiger partial charge in [-0.1, -0.05) is 23.7 Å². The number of amides is 2. The highest BCUT2D eigenvalue weighted by Gasteiger charge is 2.28.